The summed E-state index contributed by atoms with van der Waals surface area (Å²) >= 11 is 0. The summed E-state index contributed by atoms with van der Waals surface area (Å²) in [5.41, 5.74) is 0.982. The fourth-order valence-electron chi connectivity index (χ4n) is 2.36. The average Bonchev–Trinajstić information content (AvgIpc) is 2.58. The predicted molar refractivity (Wildman–Crippen MR) is 86.6 cm³/mol. The molecule has 8 heteroatoms. The fraction of sp³-hybridized carbons (Fsp3) is 0.500. The van der Waals surface area contributed by atoms with Crippen LogP contribution in [0.2, 0.25) is 0 Å². The first-order valence-corrected chi connectivity index (χ1v) is 7.68. The molecule has 0 bridgehead atoms. The molecule has 1 aliphatic heterocycles. The Morgan fingerprint density at radius 2 is 1.46 bits per heavy atom. The van der Waals surface area contributed by atoms with Crippen LogP contribution in [0.3, 0.4) is 0 Å². The molecule has 1 atom stereocenters. The lowest BCUT2D eigenvalue weighted by atomic mass is 10.1. The van der Waals surface area contributed by atoms with E-state index in [1.165, 1.54) is 0 Å². The topological polar surface area (TPSA) is 122 Å². The normalized spacial score (nSPS) is 16.8. The fourth-order valence-corrected chi connectivity index (χ4v) is 2.36. The van der Waals surface area contributed by atoms with Crippen LogP contribution in [0.25, 0.3) is 0 Å². The number of aliphatic hydroxyl groups excluding tert-OH is 2. The summed E-state index contributed by atoms with van der Waals surface area (Å²) in [5, 5.41) is 33.8. The molecule has 1 heterocycles. The van der Waals surface area contributed by atoms with Crippen molar-refractivity contribution in [2.75, 3.05) is 45.9 Å². The monoisotopic (exact) mass is 340 g/mol. The van der Waals surface area contributed by atoms with Crippen molar-refractivity contribution in [3.63, 3.8) is 0 Å². The van der Waals surface area contributed by atoms with Crippen LogP contribution in [0.15, 0.2) is 30.3 Å². The average molecular weight is 340 g/mol. The van der Waals surface area contributed by atoms with Crippen LogP contribution in [0, 0.1) is 0 Å². The van der Waals surface area contributed by atoms with Gasteiger partial charge in [0.05, 0.1) is 12.7 Å². The van der Waals surface area contributed by atoms with Crippen molar-refractivity contribution in [3.8, 4) is 0 Å². The number of rotatable bonds is 5. The van der Waals surface area contributed by atoms with Gasteiger partial charge in [0.1, 0.15) is 0 Å². The number of carboxylic acid groups (broad SMARTS) is 2. The summed E-state index contributed by atoms with van der Waals surface area (Å²) < 4.78 is 0. The van der Waals surface area contributed by atoms with E-state index in [1.54, 1.807) is 0 Å². The van der Waals surface area contributed by atoms with Crippen LogP contribution >= 0.6 is 0 Å². The quantitative estimate of drug-likeness (QED) is 0.529. The van der Waals surface area contributed by atoms with Gasteiger partial charge in [0.15, 0.2) is 0 Å². The summed E-state index contributed by atoms with van der Waals surface area (Å²) in [6.07, 6.45) is -0.407. The molecule has 1 aliphatic rings. The summed E-state index contributed by atoms with van der Waals surface area (Å²) in [5.74, 6) is -3.65. The zero-order valence-corrected chi connectivity index (χ0v) is 13.4. The van der Waals surface area contributed by atoms with Gasteiger partial charge in [0.25, 0.3) is 0 Å². The summed E-state index contributed by atoms with van der Waals surface area (Å²) in [4.78, 5) is 22.7. The molecule has 8 nitrogen and oxygen atoms in total. The summed E-state index contributed by atoms with van der Waals surface area (Å²) in [6.45, 7) is 5.55. The Morgan fingerprint density at radius 3 is 1.92 bits per heavy atom. The standard InChI is InChI=1S/C14H22N2O2.C2H2O4/c17-11-10-15-6-8-16(9-7-15)12-14(18)13-4-2-1-3-5-13;3-1(4)2(5)6/h1-5,14,17-18H,6-12H2;(H,3,4)(H,5,6). The van der Waals surface area contributed by atoms with Crippen molar-refractivity contribution in [3.05, 3.63) is 35.9 Å². The van der Waals surface area contributed by atoms with Crippen molar-refractivity contribution in [2.24, 2.45) is 0 Å². The van der Waals surface area contributed by atoms with Crippen LogP contribution < -0.4 is 0 Å². The molecule has 1 aromatic rings. The molecule has 1 aromatic carbocycles. The number of β-amino-alcohol motifs (C(OH)–C–C–N with tert-alkyl or cyclic N) is 2. The molecule has 134 valence electrons. The third kappa shape index (κ3) is 7.51. The number of aliphatic hydroxyl groups is 2. The van der Waals surface area contributed by atoms with E-state index >= 15 is 0 Å². The van der Waals surface area contributed by atoms with Crippen LogP contribution in [-0.4, -0.2) is 88.0 Å². The molecule has 24 heavy (non-hydrogen) atoms. The minimum absolute atomic E-state index is 0.229. The van der Waals surface area contributed by atoms with E-state index in [-0.39, 0.29) is 6.61 Å². The van der Waals surface area contributed by atoms with Crippen LogP contribution in [0.1, 0.15) is 11.7 Å². The van der Waals surface area contributed by atoms with E-state index in [1.807, 2.05) is 30.3 Å². The first kappa shape index (κ1) is 20.0. The van der Waals surface area contributed by atoms with Gasteiger partial charge >= 0.3 is 11.9 Å². The van der Waals surface area contributed by atoms with Gasteiger partial charge in [-0.2, -0.15) is 0 Å². The molecule has 1 saturated heterocycles. The van der Waals surface area contributed by atoms with E-state index in [9.17, 15) is 5.11 Å². The van der Waals surface area contributed by atoms with Gasteiger partial charge < -0.3 is 20.4 Å². The van der Waals surface area contributed by atoms with Gasteiger partial charge in [-0.1, -0.05) is 30.3 Å². The maximum atomic E-state index is 10.1. The maximum absolute atomic E-state index is 10.1. The van der Waals surface area contributed by atoms with E-state index < -0.39 is 18.0 Å². The third-order valence-corrected chi connectivity index (χ3v) is 3.68. The zero-order valence-electron chi connectivity index (χ0n) is 13.4. The van der Waals surface area contributed by atoms with Crippen molar-refractivity contribution in [2.45, 2.75) is 6.10 Å². The van der Waals surface area contributed by atoms with Gasteiger partial charge in [0, 0.05) is 39.3 Å². The Morgan fingerprint density at radius 1 is 0.958 bits per heavy atom. The highest BCUT2D eigenvalue weighted by molar-refractivity contribution is 6.27. The molecule has 2 rings (SSSR count). The lowest BCUT2D eigenvalue weighted by molar-refractivity contribution is -0.159. The SMILES string of the molecule is O=C(O)C(=O)O.OCCN1CCN(CC(O)c2ccccc2)CC1. The first-order valence-electron chi connectivity index (χ1n) is 7.68. The molecule has 1 unspecified atom stereocenters. The van der Waals surface area contributed by atoms with Crippen LogP contribution in [0.4, 0.5) is 0 Å². The smallest absolute Gasteiger partial charge is 0.414 e. The molecule has 0 saturated carbocycles. The van der Waals surface area contributed by atoms with Gasteiger partial charge in [-0.15, -0.1) is 0 Å². The predicted octanol–water partition coefficient (Wildman–Crippen LogP) is -0.514. The molecule has 0 aromatic heterocycles. The van der Waals surface area contributed by atoms with Gasteiger partial charge in [0.2, 0.25) is 0 Å². The van der Waals surface area contributed by atoms with Crippen LogP contribution in [-0.2, 0) is 9.59 Å². The highest BCUT2D eigenvalue weighted by Gasteiger charge is 2.19. The van der Waals surface area contributed by atoms with E-state index in [2.05, 4.69) is 9.80 Å². The largest absolute Gasteiger partial charge is 0.473 e. The molecule has 0 aliphatic carbocycles. The Kier molecular flexibility index (Phi) is 8.95. The highest BCUT2D eigenvalue weighted by atomic mass is 16.4. The van der Waals surface area contributed by atoms with E-state index in [0.29, 0.717) is 6.54 Å². The summed E-state index contributed by atoms with van der Waals surface area (Å²) in [6, 6.07) is 9.80. The molecule has 1 fully saturated rings. The number of carbonyl (C=O) groups is 2. The molecule has 0 amide bonds. The van der Waals surface area contributed by atoms with Crippen molar-refractivity contribution in [1.29, 1.82) is 0 Å². The number of nitrogens with zero attached hydrogens (tertiary/aromatic N) is 2. The Labute approximate surface area is 140 Å². The van der Waals surface area contributed by atoms with E-state index in [0.717, 1.165) is 38.3 Å². The number of piperazine rings is 1. The van der Waals surface area contributed by atoms with Crippen molar-refractivity contribution >= 4 is 11.9 Å². The molecular weight excluding hydrogens is 316 g/mol. The Balaban J connectivity index is 0.000000413. The minimum Gasteiger partial charge on any atom is -0.473 e. The number of hydrogen-bond acceptors (Lipinski definition) is 6. The molecule has 0 radical (unpaired) electrons. The van der Waals surface area contributed by atoms with Gasteiger partial charge in [-0.3, -0.25) is 9.80 Å². The lowest BCUT2D eigenvalue weighted by Crippen LogP contribution is -2.48. The Hall–Kier alpha value is -2.00. The van der Waals surface area contributed by atoms with Crippen molar-refractivity contribution in [1.82, 2.24) is 9.80 Å². The second kappa shape index (κ2) is 10.7. The van der Waals surface area contributed by atoms with Crippen molar-refractivity contribution < 1.29 is 30.0 Å². The lowest BCUT2D eigenvalue weighted by Gasteiger charge is -2.35. The second-order valence-electron chi connectivity index (χ2n) is 5.40. The summed E-state index contributed by atoms with van der Waals surface area (Å²) in [7, 11) is 0. The minimum atomic E-state index is -1.82. The van der Waals surface area contributed by atoms with E-state index in [4.69, 9.17) is 24.9 Å². The zero-order chi connectivity index (χ0) is 17.9. The number of hydrogen-bond donors (Lipinski definition) is 4. The van der Waals surface area contributed by atoms with Gasteiger partial charge in [-0.25, -0.2) is 9.59 Å². The molecular formula is C16H24N2O6. The maximum Gasteiger partial charge on any atom is 0.414 e. The number of carboxylic acids is 2. The first-order chi connectivity index (χ1) is 11.4. The molecule has 0 spiro atoms. The second-order valence-corrected chi connectivity index (χ2v) is 5.40. The highest BCUT2D eigenvalue weighted by Crippen LogP contribution is 2.14. The number of benzene rings is 1. The number of aliphatic carboxylic acids is 2. The third-order valence-electron chi connectivity index (χ3n) is 3.68. The van der Waals surface area contributed by atoms with Gasteiger partial charge in [-0.05, 0) is 5.56 Å². The Bertz CT molecular complexity index is 491. The van der Waals surface area contributed by atoms with Crippen LogP contribution in [0.5, 0.6) is 0 Å². The molecule has 4 N–H and O–H groups in total.